The average molecular weight is 390 g/mol. The predicted molar refractivity (Wildman–Crippen MR) is 99.0 cm³/mol. The van der Waals surface area contributed by atoms with Gasteiger partial charge in [0.05, 0.1) is 36.8 Å². The van der Waals surface area contributed by atoms with Gasteiger partial charge in [-0.25, -0.2) is 9.59 Å². The van der Waals surface area contributed by atoms with Crippen LogP contribution in [0, 0.1) is 0 Å². The van der Waals surface area contributed by atoms with E-state index < -0.39 is 17.8 Å². The molecule has 2 rings (SSSR count). The van der Waals surface area contributed by atoms with Crippen molar-refractivity contribution >= 4 is 40.8 Å². The number of nitrogens with zero attached hydrogens (tertiary/aromatic N) is 1. The van der Waals surface area contributed by atoms with Gasteiger partial charge in [0.1, 0.15) is 0 Å². The van der Waals surface area contributed by atoms with Crippen molar-refractivity contribution in [1.29, 1.82) is 0 Å². The second-order valence-corrected chi connectivity index (χ2v) is 6.42. The molecule has 0 saturated carbocycles. The predicted octanol–water partition coefficient (Wildman–Crippen LogP) is 2.03. The van der Waals surface area contributed by atoms with Crippen LogP contribution in [0.5, 0.6) is 0 Å². The summed E-state index contributed by atoms with van der Waals surface area (Å²) in [5.41, 5.74) is 0.373. The summed E-state index contributed by atoms with van der Waals surface area (Å²) in [6, 6.07) is 7.47. The maximum absolute atomic E-state index is 12.3. The Kier molecular flexibility index (Phi) is 6.67. The van der Waals surface area contributed by atoms with E-state index in [4.69, 9.17) is 0 Å². The van der Waals surface area contributed by atoms with E-state index in [9.17, 15) is 19.2 Å². The molecule has 1 N–H and O–H groups in total. The first kappa shape index (κ1) is 20.1. The summed E-state index contributed by atoms with van der Waals surface area (Å²) >= 11 is 1.28. The maximum Gasteiger partial charge on any atom is 0.337 e. The summed E-state index contributed by atoms with van der Waals surface area (Å²) < 4.78 is 9.29. The van der Waals surface area contributed by atoms with Gasteiger partial charge in [-0.3, -0.25) is 9.59 Å². The smallest absolute Gasteiger partial charge is 0.337 e. The number of likely N-dealkylation sites (N-methyl/N-ethyl adjacent to an activating group) is 1. The number of amides is 2. The zero-order chi connectivity index (χ0) is 20.0. The Morgan fingerprint density at radius 1 is 1.04 bits per heavy atom. The highest BCUT2D eigenvalue weighted by Crippen LogP contribution is 2.17. The Balaban J connectivity index is 2.15. The number of ether oxygens (including phenoxy) is 2. The van der Waals surface area contributed by atoms with Crippen LogP contribution >= 0.6 is 11.3 Å². The van der Waals surface area contributed by atoms with Crippen LogP contribution in [0.3, 0.4) is 0 Å². The normalized spacial score (nSPS) is 10.0. The minimum atomic E-state index is -0.666. The quantitative estimate of drug-likeness (QED) is 0.758. The monoisotopic (exact) mass is 390 g/mol. The van der Waals surface area contributed by atoms with Gasteiger partial charge in [0.25, 0.3) is 5.91 Å². The number of benzene rings is 1. The molecular weight excluding hydrogens is 372 g/mol. The molecule has 27 heavy (non-hydrogen) atoms. The molecule has 0 unspecified atom stereocenters. The van der Waals surface area contributed by atoms with Gasteiger partial charge in [0.15, 0.2) is 0 Å². The molecule has 0 saturated heterocycles. The van der Waals surface area contributed by atoms with Crippen molar-refractivity contribution in [1.82, 2.24) is 4.90 Å². The lowest BCUT2D eigenvalue weighted by Gasteiger charge is -2.16. The molecule has 0 atom stereocenters. The van der Waals surface area contributed by atoms with E-state index in [-0.39, 0.29) is 29.3 Å². The SMILES string of the molecule is COC(=O)c1cc(NC(=O)CN(C)C(=O)c2cccs2)cc(C(=O)OC)c1. The lowest BCUT2D eigenvalue weighted by molar-refractivity contribution is -0.116. The average Bonchev–Trinajstić information content (AvgIpc) is 3.20. The molecule has 2 aromatic rings. The van der Waals surface area contributed by atoms with Crippen molar-refractivity contribution in [2.75, 3.05) is 33.1 Å². The van der Waals surface area contributed by atoms with Gasteiger partial charge in [0, 0.05) is 12.7 Å². The minimum absolute atomic E-state index is 0.0821. The van der Waals surface area contributed by atoms with Gasteiger partial charge >= 0.3 is 11.9 Å². The topological polar surface area (TPSA) is 102 Å². The van der Waals surface area contributed by atoms with Crippen molar-refractivity contribution in [3.05, 3.63) is 51.7 Å². The summed E-state index contributed by atoms with van der Waals surface area (Å²) in [4.78, 5) is 49.8. The van der Waals surface area contributed by atoms with Crippen LogP contribution < -0.4 is 5.32 Å². The Bertz CT molecular complexity index is 828. The number of carbonyl (C=O) groups excluding carboxylic acids is 4. The zero-order valence-corrected chi connectivity index (χ0v) is 15.8. The Morgan fingerprint density at radius 2 is 1.63 bits per heavy atom. The van der Waals surface area contributed by atoms with Gasteiger partial charge in [-0.05, 0) is 29.6 Å². The van der Waals surface area contributed by atoms with Crippen molar-refractivity contribution in [3.63, 3.8) is 0 Å². The molecule has 0 aliphatic carbocycles. The molecule has 0 aliphatic heterocycles. The van der Waals surface area contributed by atoms with Gasteiger partial charge in [-0.15, -0.1) is 11.3 Å². The molecule has 1 aromatic heterocycles. The number of hydrogen-bond acceptors (Lipinski definition) is 7. The third-order valence-electron chi connectivity index (χ3n) is 3.52. The lowest BCUT2D eigenvalue weighted by Crippen LogP contribution is -2.34. The molecule has 0 radical (unpaired) electrons. The Hall–Kier alpha value is -3.20. The van der Waals surface area contributed by atoms with Crippen LogP contribution in [0.15, 0.2) is 35.7 Å². The molecule has 0 spiro atoms. The maximum atomic E-state index is 12.3. The number of carbonyl (C=O) groups is 4. The summed E-state index contributed by atoms with van der Waals surface area (Å²) in [6.45, 7) is -0.202. The molecule has 1 aromatic carbocycles. The van der Waals surface area contributed by atoms with Crippen LogP contribution in [-0.4, -0.2) is 56.5 Å². The third kappa shape index (κ3) is 5.14. The number of nitrogens with one attached hydrogen (secondary N) is 1. The summed E-state index contributed by atoms with van der Waals surface area (Å²) in [6.07, 6.45) is 0. The van der Waals surface area contributed by atoms with Crippen LogP contribution in [0.2, 0.25) is 0 Å². The van der Waals surface area contributed by atoms with Crippen molar-refractivity contribution in [2.24, 2.45) is 0 Å². The molecule has 9 heteroatoms. The first-order chi connectivity index (χ1) is 12.8. The molecule has 0 bridgehead atoms. The van der Waals surface area contributed by atoms with Gasteiger partial charge in [-0.1, -0.05) is 6.07 Å². The van der Waals surface area contributed by atoms with Crippen molar-refractivity contribution in [3.8, 4) is 0 Å². The summed E-state index contributed by atoms with van der Waals surface area (Å²) in [5.74, 6) is -2.10. The standard InChI is InChI=1S/C18H18N2O6S/c1-20(16(22)14-5-4-6-27-14)10-15(21)19-13-8-11(17(23)25-2)7-12(9-13)18(24)26-3/h4-9H,10H2,1-3H3,(H,19,21). The van der Waals surface area contributed by atoms with Gasteiger partial charge in [0.2, 0.25) is 5.91 Å². The van der Waals surface area contributed by atoms with Crippen LogP contribution in [0.1, 0.15) is 30.4 Å². The number of thiophene rings is 1. The molecule has 2 amide bonds. The molecule has 0 aliphatic rings. The van der Waals surface area contributed by atoms with E-state index in [1.54, 1.807) is 17.5 Å². The fourth-order valence-corrected chi connectivity index (χ4v) is 2.96. The number of anilines is 1. The molecule has 8 nitrogen and oxygen atoms in total. The third-order valence-corrected chi connectivity index (χ3v) is 4.38. The second-order valence-electron chi connectivity index (χ2n) is 5.47. The zero-order valence-electron chi connectivity index (χ0n) is 15.0. The van der Waals surface area contributed by atoms with E-state index in [1.165, 1.54) is 55.7 Å². The number of esters is 2. The van der Waals surface area contributed by atoms with E-state index in [2.05, 4.69) is 14.8 Å². The largest absolute Gasteiger partial charge is 0.465 e. The number of methoxy groups -OCH3 is 2. The molecule has 1 heterocycles. The number of hydrogen-bond donors (Lipinski definition) is 1. The fourth-order valence-electron chi connectivity index (χ4n) is 2.25. The highest BCUT2D eigenvalue weighted by Gasteiger charge is 2.18. The van der Waals surface area contributed by atoms with Crippen LogP contribution in [0.25, 0.3) is 0 Å². The van der Waals surface area contributed by atoms with Crippen molar-refractivity contribution < 1.29 is 28.7 Å². The van der Waals surface area contributed by atoms with E-state index >= 15 is 0 Å². The van der Waals surface area contributed by atoms with Crippen molar-refractivity contribution in [2.45, 2.75) is 0 Å². The molecule has 0 fully saturated rings. The van der Waals surface area contributed by atoms with E-state index in [1.807, 2.05) is 0 Å². The van der Waals surface area contributed by atoms with Crippen LogP contribution in [0.4, 0.5) is 5.69 Å². The number of rotatable bonds is 6. The van der Waals surface area contributed by atoms with Gasteiger partial charge in [-0.2, -0.15) is 0 Å². The first-order valence-corrected chi connectivity index (χ1v) is 8.64. The highest BCUT2D eigenvalue weighted by molar-refractivity contribution is 7.12. The van der Waals surface area contributed by atoms with Gasteiger partial charge < -0.3 is 19.7 Å². The van der Waals surface area contributed by atoms with Crippen LogP contribution in [-0.2, 0) is 14.3 Å². The van der Waals surface area contributed by atoms with E-state index in [0.717, 1.165) is 0 Å². The Morgan fingerprint density at radius 3 is 2.11 bits per heavy atom. The minimum Gasteiger partial charge on any atom is -0.465 e. The molecular formula is C18H18N2O6S. The Labute approximate surface area is 159 Å². The molecule has 142 valence electrons. The highest BCUT2D eigenvalue weighted by atomic mass is 32.1. The van der Waals surface area contributed by atoms with E-state index in [0.29, 0.717) is 4.88 Å². The fraction of sp³-hybridized carbons (Fsp3) is 0.222. The summed E-state index contributed by atoms with van der Waals surface area (Å²) in [7, 11) is 3.92. The summed E-state index contributed by atoms with van der Waals surface area (Å²) in [5, 5.41) is 4.34. The second kappa shape index (κ2) is 8.95. The first-order valence-electron chi connectivity index (χ1n) is 7.76. The lowest BCUT2D eigenvalue weighted by atomic mass is 10.1.